The maximum Gasteiger partial charge on any atom is 0.331 e. The number of esters is 1. The first-order valence-electron chi connectivity index (χ1n) is 7.93. The van der Waals surface area contributed by atoms with Gasteiger partial charge in [-0.3, -0.25) is 4.79 Å². The van der Waals surface area contributed by atoms with Gasteiger partial charge in [-0.05, 0) is 31.0 Å². The van der Waals surface area contributed by atoms with E-state index in [1.165, 1.54) is 30.6 Å². The number of carbonyl (C=O) groups is 2. The summed E-state index contributed by atoms with van der Waals surface area (Å²) in [7, 11) is 1.30. The lowest BCUT2D eigenvalue weighted by Crippen LogP contribution is -2.52. The summed E-state index contributed by atoms with van der Waals surface area (Å²) in [4.78, 5) is 28.5. The third-order valence-corrected chi connectivity index (χ3v) is 4.87. The Kier molecular flexibility index (Phi) is 6.25. The first-order valence-corrected chi connectivity index (χ1v) is 8.81. The molecule has 5 nitrogen and oxygen atoms in total. The number of benzene rings is 1. The molecule has 0 saturated heterocycles. The monoisotopic (exact) mass is 364 g/mol. The molecule has 0 radical (unpaired) electrons. The highest BCUT2D eigenvalue weighted by molar-refractivity contribution is 7.09. The zero-order valence-electron chi connectivity index (χ0n) is 14.5. The lowest BCUT2D eigenvalue weighted by Gasteiger charge is -2.26. The maximum atomic E-state index is 12.9. The molecule has 0 saturated carbocycles. The second kappa shape index (κ2) is 8.20. The van der Waals surface area contributed by atoms with E-state index in [0.717, 1.165) is 10.6 Å². The molecule has 1 N–H and O–H groups in total. The molecule has 1 aromatic heterocycles. The fourth-order valence-electron chi connectivity index (χ4n) is 2.31. The van der Waals surface area contributed by atoms with Crippen LogP contribution in [0.1, 0.15) is 36.5 Å². The number of rotatable bonds is 7. The number of aromatic nitrogens is 1. The van der Waals surface area contributed by atoms with Crippen molar-refractivity contribution < 1.29 is 18.7 Å². The molecule has 2 rings (SSSR count). The largest absolute Gasteiger partial charge is 0.467 e. The second-order valence-electron chi connectivity index (χ2n) is 5.94. The number of halogens is 1. The molecule has 1 aromatic carbocycles. The van der Waals surface area contributed by atoms with Crippen molar-refractivity contribution in [2.24, 2.45) is 0 Å². The van der Waals surface area contributed by atoms with Gasteiger partial charge >= 0.3 is 5.97 Å². The van der Waals surface area contributed by atoms with E-state index >= 15 is 0 Å². The van der Waals surface area contributed by atoms with Gasteiger partial charge < -0.3 is 10.1 Å². The zero-order valence-corrected chi connectivity index (χ0v) is 15.3. The van der Waals surface area contributed by atoms with Crippen molar-refractivity contribution in [2.75, 3.05) is 7.11 Å². The average molecular weight is 364 g/mol. The Morgan fingerprint density at radius 3 is 2.60 bits per heavy atom. The van der Waals surface area contributed by atoms with Crippen LogP contribution in [0.4, 0.5) is 4.39 Å². The molecule has 0 fully saturated rings. The third-order valence-electron chi connectivity index (χ3n) is 3.97. The highest BCUT2D eigenvalue weighted by atomic mass is 32.1. The molecule has 0 aliphatic rings. The lowest BCUT2D eigenvalue weighted by atomic mass is 9.99. The molecule has 0 aliphatic carbocycles. The molecule has 1 atom stereocenters. The molecule has 25 heavy (non-hydrogen) atoms. The molecule has 0 bridgehead atoms. The molecule has 7 heteroatoms. The summed E-state index contributed by atoms with van der Waals surface area (Å²) in [5, 5.41) is 5.38. The highest BCUT2D eigenvalue weighted by Gasteiger charge is 2.34. The number of ether oxygens (including phenoxy) is 1. The number of methoxy groups -OCH3 is 1. The molecular weight excluding hydrogens is 343 g/mol. The van der Waals surface area contributed by atoms with Gasteiger partial charge in [0.2, 0.25) is 5.91 Å². The number of nitrogens with one attached hydrogen (secondary N) is 1. The average Bonchev–Trinajstić information content (AvgIpc) is 3.02. The summed E-state index contributed by atoms with van der Waals surface area (Å²) in [6.07, 6.45) is 1.10. The van der Waals surface area contributed by atoms with E-state index in [-0.39, 0.29) is 18.1 Å². The lowest BCUT2D eigenvalue weighted by molar-refractivity contribution is -0.150. The minimum absolute atomic E-state index is 0.0898. The van der Waals surface area contributed by atoms with Crippen LogP contribution in [0, 0.1) is 5.82 Å². The van der Waals surface area contributed by atoms with Crippen LogP contribution >= 0.6 is 11.3 Å². The fraction of sp³-hybridized carbons (Fsp3) is 0.389. The quantitative estimate of drug-likeness (QED) is 0.767. The van der Waals surface area contributed by atoms with Crippen molar-refractivity contribution in [1.82, 2.24) is 10.3 Å². The third kappa shape index (κ3) is 5.09. The molecule has 0 unspecified atom stereocenters. The van der Waals surface area contributed by atoms with Crippen molar-refractivity contribution in [3.63, 3.8) is 0 Å². The Labute approximate surface area is 150 Å². The van der Waals surface area contributed by atoms with E-state index in [2.05, 4.69) is 10.3 Å². The van der Waals surface area contributed by atoms with E-state index in [4.69, 9.17) is 4.74 Å². The van der Waals surface area contributed by atoms with Crippen LogP contribution in [0.15, 0.2) is 29.6 Å². The van der Waals surface area contributed by atoms with Crippen molar-refractivity contribution in [1.29, 1.82) is 0 Å². The van der Waals surface area contributed by atoms with Crippen LogP contribution in [-0.2, 0) is 27.2 Å². The van der Waals surface area contributed by atoms with Gasteiger partial charge in [0.05, 0.1) is 24.2 Å². The van der Waals surface area contributed by atoms with Crippen LogP contribution in [0.3, 0.4) is 0 Å². The normalized spacial score (nSPS) is 13.1. The van der Waals surface area contributed by atoms with Gasteiger partial charge in [0.25, 0.3) is 0 Å². The smallest absolute Gasteiger partial charge is 0.331 e. The van der Waals surface area contributed by atoms with Gasteiger partial charge in [-0.15, -0.1) is 11.3 Å². The molecule has 1 heterocycles. The predicted molar refractivity (Wildman–Crippen MR) is 93.9 cm³/mol. The number of amides is 1. The minimum Gasteiger partial charge on any atom is -0.467 e. The number of hydrogen-bond donors (Lipinski definition) is 1. The molecule has 2 aromatic rings. The molecular formula is C18H21FN2O3S. The topological polar surface area (TPSA) is 68.3 Å². The van der Waals surface area contributed by atoms with E-state index in [9.17, 15) is 14.0 Å². The SMILES string of the molecule is CC[C@](C)(NC(=O)Cc1csc(Cc2ccc(F)cc2)n1)C(=O)OC. The Balaban J connectivity index is 1.97. The van der Waals surface area contributed by atoms with E-state index in [1.807, 2.05) is 5.38 Å². The Morgan fingerprint density at radius 1 is 1.32 bits per heavy atom. The minimum atomic E-state index is -1.04. The standard InChI is InChI=1S/C18H21FN2O3S/c1-4-18(2,17(23)24-3)21-15(22)10-14-11-25-16(20-14)9-12-5-7-13(19)8-6-12/h5-8,11H,4,9-10H2,1-3H3,(H,21,22)/t18-/m0/s1. The second-order valence-corrected chi connectivity index (χ2v) is 6.88. The van der Waals surface area contributed by atoms with Crippen molar-refractivity contribution >= 4 is 23.2 Å². The zero-order chi connectivity index (χ0) is 18.4. The van der Waals surface area contributed by atoms with E-state index < -0.39 is 11.5 Å². The summed E-state index contributed by atoms with van der Waals surface area (Å²) < 4.78 is 17.7. The van der Waals surface area contributed by atoms with Crippen LogP contribution in [-0.4, -0.2) is 29.5 Å². The van der Waals surface area contributed by atoms with Crippen LogP contribution in [0.5, 0.6) is 0 Å². The van der Waals surface area contributed by atoms with Gasteiger partial charge in [0.1, 0.15) is 11.4 Å². The summed E-state index contributed by atoms with van der Waals surface area (Å²) in [5.41, 5.74) is 0.553. The highest BCUT2D eigenvalue weighted by Crippen LogP contribution is 2.17. The number of carbonyl (C=O) groups excluding carboxylic acids is 2. The first kappa shape index (κ1) is 19.1. The summed E-state index contributed by atoms with van der Waals surface area (Å²) in [6, 6.07) is 6.25. The van der Waals surface area contributed by atoms with Gasteiger partial charge in [-0.1, -0.05) is 19.1 Å². The maximum absolute atomic E-state index is 12.9. The van der Waals surface area contributed by atoms with E-state index in [1.54, 1.807) is 26.0 Å². The Hall–Kier alpha value is -2.28. The fourth-order valence-corrected chi connectivity index (χ4v) is 3.14. The van der Waals surface area contributed by atoms with Gasteiger partial charge in [-0.2, -0.15) is 0 Å². The first-order chi connectivity index (χ1) is 11.9. The summed E-state index contributed by atoms with van der Waals surface area (Å²) >= 11 is 1.45. The van der Waals surface area contributed by atoms with Crippen molar-refractivity contribution in [3.05, 3.63) is 51.7 Å². The van der Waals surface area contributed by atoms with Crippen LogP contribution < -0.4 is 5.32 Å². The number of thiazole rings is 1. The predicted octanol–water partition coefficient (Wildman–Crippen LogP) is 2.87. The van der Waals surface area contributed by atoms with Crippen molar-refractivity contribution in [3.8, 4) is 0 Å². The Bertz CT molecular complexity index is 745. The van der Waals surface area contributed by atoms with E-state index in [0.29, 0.717) is 18.5 Å². The van der Waals surface area contributed by atoms with Gasteiger partial charge in [-0.25, -0.2) is 14.2 Å². The molecule has 1 amide bonds. The van der Waals surface area contributed by atoms with Gasteiger partial charge in [0.15, 0.2) is 0 Å². The number of nitrogens with zero attached hydrogens (tertiary/aromatic N) is 1. The molecule has 134 valence electrons. The van der Waals surface area contributed by atoms with Crippen LogP contribution in [0.25, 0.3) is 0 Å². The summed E-state index contributed by atoms with van der Waals surface area (Å²) in [5.74, 6) is -1.03. The van der Waals surface area contributed by atoms with Crippen molar-refractivity contribution in [2.45, 2.75) is 38.6 Å². The molecule has 0 spiro atoms. The molecule has 0 aliphatic heterocycles. The number of hydrogen-bond acceptors (Lipinski definition) is 5. The van der Waals surface area contributed by atoms with Crippen LogP contribution in [0.2, 0.25) is 0 Å². The summed E-state index contributed by atoms with van der Waals surface area (Å²) in [6.45, 7) is 3.44. The van der Waals surface area contributed by atoms with Gasteiger partial charge in [0, 0.05) is 11.8 Å². The Morgan fingerprint density at radius 2 is 2.00 bits per heavy atom.